The summed E-state index contributed by atoms with van der Waals surface area (Å²) in [4.78, 5) is 5.22. The molecule has 114 valence electrons. The highest BCUT2D eigenvalue weighted by Crippen LogP contribution is 2.29. The van der Waals surface area contributed by atoms with Crippen LogP contribution in [0.5, 0.6) is 0 Å². The summed E-state index contributed by atoms with van der Waals surface area (Å²) >= 11 is 1.47. The predicted molar refractivity (Wildman–Crippen MR) is 84.7 cm³/mol. The zero-order valence-corrected chi connectivity index (χ0v) is 14.0. The van der Waals surface area contributed by atoms with Gasteiger partial charge in [0, 0.05) is 37.4 Å². The average Bonchev–Trinajstić information content (AvgIpc) is 2.82. The van der Waals surface area contributed by atoms with E-state index in [-0.39, 0.29) is 0 Å². The maximum Gasteiger partial charge on any atom is 0.244 e. The largest absolute Gasteiger partial charge is 0.315 e. The van der Waals surface area contributed by atoms with Crippen LogP contribution in [0.3, 0.4) is 0 Å². The first-order valence-corrected chi connectivity index (χ1v) is 8.85. The molecule has 0 saturated carbocycles. The first-order valence-electron chi connectivity index (χ1n) is 6.53. The fourth-order valence-electron chi connectivity index (χ4n) is 2.10. The topological polar surface area (TPSA) is 62.3 Å². The molecule has 7 heteroatoms. The molecule has 2 heterocycles. The highest BCUT2D eigenvalue weighted by Gasteiger charge is 2.27. The van der Waals surface area contributed by atoms with E-state index in [2.05, 4.69) is 10.3 Å². The third-order valence-corrected chi connectivity index (χ3v) is 6.42. The van der Waals surface area contributed by atoms with Gasteiger partial charge in [-0.1, -0.05) is 0 Å². The maximum absolute atomic E-state index is 12.8. The number of hydrogen-bond donors (Lipinski definition) is 1. The van der Waals surface area contributed by atoms with Gasteiger partial charge >= 0.3 is 0 Å². The molecular formula is C14H19N3O2S2. The van der Waals surface area contributed by atoms with E-state index in [1.165, 1.54) is 15.6 Å². The van der Waals surface area contributed by atoms with Gasteiger partial charge in [-0.2, -0.15) is 4.31 Å². The van der Waals surface area contributed by atoms with Crippen molar-refractivity contribution in [2.75, 3.05) is 14.1 Å². The van der Waals surface area contributed by atoms with Crippen molar-refractivity contribution in [1.29, 1.82) is 0 Å². The molecule has 0 aliphatic heterocycles. The van der Waals surface area contributed by atoms with Gasteiger partial charge in [0.2, 0.25) is 10.0 Å². The number of thiophene rings is 1. The number of hydrogen-bond acceptors (Lipinski definition) is 5. The molecule has 2 aromatic rings. The second kappa shape index (κ2) is 6.65. The summed E-state index contributed by atoms with van der Waals surface area (Å²) in [7, 11) is -0.0752. The van der Waals surface area contributed by atoms with Gasteiger partial charge in [0.1, 0.15) is 4.90 Å². The molecule has 2 aromatic heterocycles. The Labute approximate surface area is 129 Å². The quantitative estimate of drug-likeness (QED) is 0.882. The first-order chi connectivity index (χ1) is 9.96. The lowest BCUT2D eigenvalue weighted by Gasteiger charge is -2.18. The van der Waals surface area contributed by atoms with Crippen molar-refractivity contribution < 1.29 is 8.42 Å². The van der Waals surface area contributed by atoms with E-state index in [9.17, 15) is 8.42 Å². The monoisotopic (exact) mass is 325 g/mol. The number of rotatable bonds is 6. The molecule has 0 bridgehead atoms. The van der Waals surface area contributed by atoms with Crippen LogP contribution < -0.4 is 5.32 Å². The molecule has 0 amide bonds. The Morgan fingerprint density at radius 3 is 2.62 bits per heavy atom. The molecule has 5 nitrogen and oxygen atoms in total. The molecule has 2 rings (SSSR count). The van der Waals surface area contributed by atoms with Crippen LogP contribution in [0.15, 0.2) is 34.8 Å². The number of pyridine rings is 1. The lowest BCUT2D eigenvalue weighted by molar-refractivity contribution is 0.465. The lowest BCUT2D eigenvalue weighted by Crippen LogP contribution is -2.27. The van der Waals surface area contributed by atoms with Gasteiger partial charge in [-0.25, -0.2) is 8.42 Å². The van der Waals surface area contributed by atoms with Gasteiger partial charge in [-0.15, -0.1) is 11.3 Å². The molecule has 21 heavy (non-hydrogen) atoms. The van der Waals surface area contributed by atoms with Crippen LogP contribution in [-0.4, -0.2) is 31.8 Å². The van der Waals surface area contributed by atoms with Gasteiger partial charge in [-0.05, 0) is 42.6 Å². The summed E-state index contributed by atoms with van der Waals surface area (Å²) in [5.41, 5.74) is 1.71. The molecule has 0 fully saturated rings. The molecule has 0 radical (unpaired) electrons. The Balaban J connectivity index is 2.31. The normalized spacial score (nSPS) is 12.0. The zero-order valence-electron chi connectivity index (χ0n) is 12.3. The third kappa shape index (κ3) is 3.49. The van der Waals surface area contributed by atoms with E-state index in [1.54, 1.807) is 19.4 Å². The third-order valence-electron chi connectivity index (χ3n) is 3.15. The van der Waals surface area contributed by atoms with Crippen molar-refractivity contribution in [3.8, 4) is 0 Å². The van der Waals surface area contributed by atoms with Crippen LogP contribution in [0.4, 0.5) is 0 Å². The van der Waals surface area contributed by atoms with Crippen LogP contribution >= 0.6 is 11.3 Å². The fraction of sp³-hybridized carbons (Fsp3) is 0.357. The van der Waals surface area contributed by atoms with E-state index in [4.69, 9.17) is 0 Å². The van der Waals surface area contributed by atoms with Crippen molar-refractivity contribution in [3.63, 3.8) is 0 Å². The lowest BCUT2D eigenvalue weighted by atomic mass is 10.3. The molecule has 0 unspecified atom stereocenters. The van der Waals surface area contributed by atoms with Crippen molar-refractivity contribution in [2.45, 2.75) is 24.9 Å². The molecule has 0 spiro atoms. The van der Waals surface area contributed by atoms with E-state index >= 15 is 0 Å². The van der Waals surface area contributed by atoms with Crippen LogP contribution in [-0.2, 0) is 23.1 Å². The number of nitrogens with one attached hydrogen (secondary N) is 1. The second-order valence-electron chi connectivity index (χ2n) is 4.82. The minimum atomic E-state index is -3.49. The second-order valence-corrected chi connectivity index (χ2v) is 7.76. The van der Waals surface area contributed by atoms with E-state index in [1.807, 2.05) is 31.5 Å². The van der Waals surface area contributed by atoms with Crippen molar-refractivity contribution in [1.82, 2.24) is 14.6 Å². The zero-order chi connectivity index (χ0) is 15.5. The Bertz CT molecular complexity index is 696. The number of aromatic nitrogens is 1. The standard InChI is InChI=1S/C14H19N3O2S2/c1-11-10-20-13(8-15-2)14(11)21(18,19)17(3)9-12-4-6-16-7-5-12/h4-7,10,15H,8-9H2,1-3H3. The van der Waals surface area contributed by atoms with Crippen molar-refractivity contribution in [2.24, 2.45) is 0 Å². The smallest absolute Gasteiger partial charge is 0.244 e. The molecule has 1 N–H and O–H groups in total. The number of aryl methyl sites for hydroxylation is 1. The van der Waals surface area contributed by atoms with Gasteiger partial charge in [0.15, 0.2) is 0 Å². The van der Waals surface area contributed by atoms with Crippen molar-refractivity contribution in [3.05, 3.63) is 45.9 Å². The SMILES string of the molecule is CNCc1scc(C)c1S(=O)(=O)N(C)Cc1ccncc1. The van der Waals surface area contributed by atoms with E-state index in [0.29, 0.717) is 18.0 Å². The Kier molecular flexibility index (Phi) is 5.10. The van der Waals surface area contributed by atoms with Gasteiger partial charge in [0.25, 0.3) is 0 Å². The first kappa shape index (κ1) is 16.1. The van der Waals surface area contributed by atoms with Gasteiger partial charge in [0.05, 0.1) is 0 Å². The molecule has 0 aliphatic carbocycles. The van der Waals surface area contributed by atoms with Crippen LogP contribution in [0, 0.1) is 6.92 Å². The Hall–Kier alpha value is -1.28. The maximum atomic E-state index is 12.8. The van der Waals surface area contributed by atoms with Gasteiger partial charge in [-0.3, -0.25) is 4.98 Å². The highest BCUT2D eigenvalue weighted by molar-refractivity contribution is 7.89. The summed E-state index contributed by atoms with van der Waals surface area (Å²) in [6.45, 7) is 2.72. The summed E-state index contributed by atoms with van der Waals surface area (Å²) in [5.74, 6) is 0. The fourth-order valence-corrected chi connectivity index (χ4v) is 5.03. The molecule has 0 aliphatic rings. The van der Waals surface area contributed by atoms with Crippen LogP contribution in [0.1, 0.15) is 16.0 Å². The van der Waals surface area contributed by atoms with Gasteiger partial charge < -0.3 is 5.32 Å². The Morgan fingerprint density at radius 2 is 2.00 bits per heavy atom. The minimum absolute atomic E-state index is 0.332. The summed E-state index contributed by atoms with van der Waals surface area (Å²) in [5, 5.41) is 4.91. The van der Waals surface area contributed by atoms with Crippen molar-refractivity contribution >= 4 is 21.4 Å². The number of nitrogens with zero attached hydrogens (tertiary/aromatic N) is 2. The predicted octanol–water partition coefficient (Wildman–Crippen LogP) is 1.99. The van der Waals surface area contributed by atoms with E-state index in [0.717, 1.165) is 16.0 Å². The average molecular weight is 325 g/mol. The molecule has 0 saturated heterocycles. The van der Waals surface area contributed by atoms with Crippen LogP contribution in [0.2, 0.25) is 0 Å². The summed E-state index contributed by atoms with van der Waals surface area (Å²) in [6, 6.07) is 3.64. The highest BCUT2D eigenvalue weighted by atomic mass is 32.2. The number of sulfonamides is 1. The van der Waals surface area contributed by atoms with Crippen LogP contribution in [0.25, 0.3) is 0 Å². The Morgan fingerprint density at radius 1 is 1.33 bits per heavy atom. The van der Waals surface area contributed by atoms with E-state index < -0.39 is 10.0 Å². The summed E-state index contributed by atoms with van der Waals surface area (Å²) in [6.07, 6.45) is 3.33. The minimum Gasteiger partial charge on any atom is -0.315 e. The summed E-state index contributed by atoms with van der Waals surface area (Å²) < 4.78 is 27.0. The molecule has 0 atom stereocenters. The molecule has 0 aromatic carbocycles. The molecular weight excluding hydrogens is 306 g/mol.